The predicted molar refractivity (Wildman–Crippen MR) is 131 cm³/mol. The summed E-state index contributed by atoms with van der Waals surface area (Å²) in [4.78, 5) is 8.68. The van der Waals surface area contributed by atoms with E-state index in [1.807, 2.05) is 0 Å². The minimum absolute atomic E-state index is 1.21. The van der Waals surface area contributed by atoms with Crippen LogP contribution in [0.2, 0.25) is 91.7 Å². The Kier molecular flexibility index (Phi) is 4.56. The minimum atomic E-state index is -1.28. The molecular formula is C18H42Si6. The second kappa shape index (κ2) is 5.19. The lowest BCUT2D eigenvalue weighted by atomic mass is 11.1. The van der Waals surface area contributed by atoms with Gasteiger partial charge in [0.05, 0.1) is 47.5 Å². The molecule has 2 rings (SSSR count). The molecule has 6 heteroatoms. The lowest BCUT2D eigenvalue weighted by Gasteiger charge is -2.75. The maximum atomic E-state index is 2.85. The molecule has 0 aromatic rings. The fourth-order valence-electron chi connectivity index (χ4n) is 6.62. The average molecular weight is 427 g/mol. The van der Waals surface area contributed by atoms with Crippen molar-refractivity contribution in [3.63, 3.8) is 0 Å². The molecule has 138 valence electrons. The van der Waals surface area contributed by atoms with Gasteiger partial charge in [-0.05, 0) is 0 Å². The van der Waals surface area contributed by atoms with E-state index < -0.39 is 47.5 Å². The standard InChI is InChI=1S/C18H42Si6/c1-19(2,3)15-16(20(4,5)6)24(14)18(22(10,11)12)17(21(7,8)9)23(15,24)13/h1-14H3. The van der Waals surface area contributed by atoms with Crippen LogP contribution in [0.4, 0.5) is 0 Å². The van der Waals surface area contributed by atoms with Gasteiger partial charge in [-0.1, -0.05) is 111 Å². The molecule has 24 heavy (non-hydrogen) atoms. The van der Waals surface area contributed by atoms with Crippen molar-refractivity contribution in [1.29, 1.82) is 0 Å². The lowest BCUT2D eigenvalue weighted by molar-refractivity contribution is 1.46. The molecule has 2 aliphatic heterocycles. The molecule has 0 saturated heterocycles. The fraction of sp³-hybridized carbons (Fsp3) is 0.778. The second-order valence-electron chi connectivity index (χ2n) is 12.8. The third kappa shape index (κ3) is 2.50. The summed E-state index contributed by atoms with van der Waals surface area (Å²) in [6, 6.07) is 0. The van der Waals surface area contributed by atoms with Crippen molar-refractivity contribution in [2.24, 2.45) is 0 Å². The van der Waals surface area contributed by atoms with Crippen molar-refractivity contribution < 1.29 is 0 Å². The van der Waals surface area contributed by atoms with Gasteiger partial charge in [0.2, 0.25) is 0 Å². The Labute approximate surface area is 158 Å². The van der Waals surface area contributed by atoms with Crippen LogP contribution in [-0.2, 0) is 0 Å². The molecule has 0 unspecified atom stereocenters. The highest BCUT2D eigenvalue weighted by Gasteiger charge is 2.77. The van der Waals surface area contributed by atoms with E-state index in [2.05, 4.69) is 111 Å². The van der Waals surface area contributed by atoms with E-state index in [-0.39, 0.29) is 0 Å². The second-order valence-corrected chi connectivity index (χ2v) is 47.2. The zero-order chi connectivity index (χ0) is 19.3. The van der Waals surface area contributed by atoms with Crippen LogP contribution in [0, 0.1) is 0 Å². The molecule has 0 aromatic carbocycles. The molecule has 0 N–H and O–H groups in total. The Morgan fingerprint density at radius 2 is 0.500 bits per heavy atom. The highest BCUT2D eigenvalue weighted by molar-refractivity contribution is 7.70. The first-order valence-corrected chi connectivity index (χ1v) is 29.8. The molecule has 0 bridgehead atoms. The smallest absolute Gasteiger partial charge is 0.0964 e. The number of rotatable bonds is 4. The summed E-state index contributed by atoms with van der Waals surface area (Å²) in [7, 11) is -7.42. The molecule has 0 fully saturated rings. The first-order valence-electron chi connectivity index (χ1n) is 9.75. The molecule has 0 saturated carbocycles. The van der Waals surface area contributed by atoms with Gasteiger partial charge in [0, 0.05) is 0 Å². The van der Waals surface area contributed by atoms with E-state index in [0.29, 0.717) is 0 Å². The van der Waals surface area contributed by atoms with Crippen molar-refractivity contribution >= 4 is 47.5 Å². The summed E-state index contributed by atoms with van der Waals surface area (Å²) in [6.45, 7) is 37.6. The topological polar surface area (TPSA) is 0 Å². The summed E-state index contributed by atoms with van der Waals surface area (Å²) >= 11 is 0. The van der Waals surface area contributed by atoms with E-state index in [4.69, 9.17) is 0 Å². The van der Waals surface area contributed by atoms with E-state index in [1.165, 1.54) is 0 Å². The summed E-state index contributed by atoms with van der Waals surface area (Å²) in [5.74, 6) is 0. The summed E-state index contributed by atoms with van der Waals surface area (Å²) in [6.07, 6.45) is 0. The summed E-state index contributed by atoms with van der Waals surface area (Å²) < 4.78 is 0. The van der Waals surface area contributed by atoms with Gasteiger partial charge in [0.25, 0.3) is 0 Å². The van der Waals surface area contributed by atoms with Crippen LogP contribution in [0.5, 0.6) is 0 Å². The van der Waals surface area contributed by atoms with Gasteiger partial charge in [-0.3, -0.25) is 0 Å². The Balaban J connectivity index is 2.89. The van der Waals surface area contributed by atoms with Crippen LogP contribution in [0.25, 0.3) is 0 Å². The van der Waals surface area contributed by atoms with Crippen molar-refractivity contribution in [3.8, 4) is 0 Å². The number of hydrogen-bond donors (Lipinski definition) is 0. The van der Waals surface area contributed by atoms with Gasteiger partial charge >= 0.3 is 0 Å². The zero-order valence-corrected chi connectivity index (χ0v) is 25.0. The summed E-state index contributed by atoms with van der Waals surface area (Å²) in [5, 5.41) is 0. The predicted octanol–water partition coefficient (Wildman–Crippen LogP) is 6.51. The van der Waals surface area contributed by atoms with Gasteiger partial charge in [0.15, 0.2) is 0 Å². The third-order valence-corrected chi connectivity index (χ3v) is 49.5. The SMILES string of the molecule is C[Si](C)(C)C1=C([Si](C)(C)C)[Si]2(C)C([Si](C)(C)C)=C([Si](C)(C)C)[Si]12C. The Morgan fingerprint density at radius 1 is 0.375 bits per heavy atom. The Hall–Kier alpha value is 0.781. The van der Waals surface area contributed by atoms with Crippen molar-refractivity contribution in [1.82, 2.24) is 0 Å². The quantitative estimate of drug-likeness (QED) is 0.449. The van der Waals surface area contributed by atoms with Crippen molar-refractivity contribution in [3.05, 3.63) is 19.3 Å². The van der Waals surface area contributed by atoms with Gasteiger partial charge in [0.1, 0.15) is 0 Å². The van der Waals surface area contributed by atoms with Crippen molar-refractivity contribution in [2.75, 3.05) is 0 Å². The fourth-order valence-corrected chi connectivity index (χ4v) is 85.1. The van der Waals surface area contributed by atoms with Gasteiger partial charge in [-0.2, -0.15) is 0 Å². The molecule has 0 nitrogen and oxygen atoms in total. The van der Waals surface area contributed by atoms with Gasteiger partial charge < -0.3 is 0 Å². The summed E-state index contributed by atoms with van der Waals surface area (Å²) in [5.41, 5.74) is 0. The van der Waals surface area contributed by atoms with Gasteiger partial charge in [-0.25, -0.2) is 0 Å². The van der Waals surface area contributed by atoms with E-state index in [0.717, 1.165) is 0 Å². The highest BCUT2D eigenvalue weighted by atomic mass is 29.3. The number of fused-ring (bicyclic) bond motifs is 1. The van der Waals surface area contributed by atoms with E-state index in [9.17, 15) is 0 Å². The van der Waals surface area contributed by atoms with E-state index in [1.54, 1.807) is 0 Å². The third-order valence-electron chi connectivity index (χ3n) is 6.50. The zero-order valence-electron chi connectivity index (χ0n) is 19.0. The lowest BCUT2D eigenvalue weighted by Crippen LogP contribution is -2.89. The molecule has 2 aliphatic rings. The molecule has 0 amide bonds. The molecule has 0 atom stereocenters. The molecule has 0 aliphatic carbocycles. The van der Waals surface area contributed by atoms with Crippen LogP contribution >= 0.6 is 0 Å². The molecule has 0 radical (unpaired) electrons. The van der Waals surface area contributed by atoms with Crippen LogP contribution in [-0.4, -0.2) is 47.5 Å². The largest absolute Gasteiger partial charge is 0.0967 e. The molecule has 0 spiro atoms. The maximum Gasteiger partial charge on any atom is 0.0967 e. The normalized spacial score (nSPS) is 31.8. The van der Waals surface area contributed by atoms with Gasteiger partial charge in [-0.15, -0.1) is 0 Å². The van der Waals surface area contributed by atoms with Crippen LogP contribution in [0.3, 0.4) is 0 Å². The average Bonchev–Trinajstić information content (AvgIpc) is 2.24. The Morgan fingerprint density at radius 3 is 0.583 bits per heavy atom. The molecular weight excluding hydrogens is 385 g/mol. The minimum Gasteiger partial charge on any atom is -0.0964 e. The first-order chi connectivity index (χ1) is 10.2. The molecule has 0 aromatic heterocycles. The maximum absolute atomic E-state index is 2.85. The first kappa shape index (κ1) is 21.1. The monoisotopic (exact) mass is 426 g/mol. The highest BCUT2D eigenvalue weighted by Crippen LogP contribution is 2.66. The van der Waals surface area contributed by atoms with Crippen LogP contribution in [0.1, 0.15) is 0 Å². The number of hydrogen-bond acceptors (Lipinski definition) is 0. The molecule has 2 heterocycles. The van der Waals surface area contributed by atoms with Crippen molar-refractivity contribution in [2.45, 2.75) is 91.7 Å². The van der Waals surface area contributed by atoms with Crippen LogP contribution in [0.15, 0.2) is 19.3 Å². The van der Waals surface area contributed by atoms with E-state index >= 15 is 0 Å². The van der Waals surface area contributed by atoms with Crippen LogP contribution < -0.4 is 0 Å². The Bertz CT molecular complexity index is 535.